The molecule has 2 heterocycles. The topological polar surface area (TPSA) is 55.3 Å². The third-order valence-corrected chi connectivity index (χ3v) is 4.97. The lowest BCUT2D eigenvalue weighted by molar-refractivity contribution is -0.148. The molecule has 0 amide bonds. The highest BCUT2D eigenvalue weighted by Gasteiger charge is 2.44. The van der Waals surface area contributed by atoms with Crippen molar-refractivity contribution in [3.05, 3.63) is 52.3 Å². The largest absolute Gasteiger partial charge is 0.468 e. The van der Waals surface area contributed by atoms with E-state index >= 15 is 0 Å². The summed E-state index contributed by atoms with van der Waals surface area (Å²) in [7, 11) is 1.42. The number of aromatic nitrogens is 2. The molecule has 1 aromatic carbocycles. The lowest BCUT2D eigenvalue weighted by Gasteiger charge is -2.40. The van der Waals surface area contributed by atoms with Crippen molar-refractivity contribution in [2.24, 2.45) is 0 Å². The number of halogens is 2. The first-order valence-electron chi connectivity index (χ1n) is 7.63. The van der Waals surface area contributed by atoms with Crippen molar-refractivity contribution >= 4 is 34.9 Å². The van der Waals surface area contributed by atoms with E-state index < -0.39 is 5.41 Å². The minimum absolute atomic E-state index is 0.227. The first-order chi connectivity index (χ1) is 11.5. The quantitative estimate of drug-likeness (QED) is 0.779. The Morgan fingerprint density at radius 3 is 2.62 bits per heavy atom. The highest BCUT2D eigenvalue weighted by atomic mass is 35.5. The Balaban J connectivity index is 1.87. The molecule has 0 radical (unpaired) electrons. The Kier molecular flexibility index (Phi) is 4.92. The second kappa shape index (κ2) is 6.95. The third-order valence-electron chi connectivity index (χ3n) is 4.55. The summed E-state index contributed by atoms with van der Waals surface area (Å²) in [5, 5.41) is 8.61. The van der Waals surface area contributed by atoms with Crippen LogP contribution in [0.5, 0.6) is 0 Å². The normalized spacial score (nSPS) is 16.7. The summed E-state index contributed by atoms with van der Waals surface area (Å²) in [6, 6.07) is 9.22. The molecule has 2 aromatic rings. The van der Waals surface area contributed by atoms with Gasteiger partial charge in [0.25, 0.3) is 0 Å². The zero-order valence-corrected chi connectivity index (χ0v) is 14.7. The molecule has 1 aliphatic heterocycles. The van der Waals surface area contributed by atoms with Crippen LogP contribution in [-0.2, 0) is 14.9 Å². The van der Waals surface area contributed by atoms with Crippen LogP contribution in [-0.4, -0.2) is 36.4 Å². The van der Waals surface area contributed by atoms with E-state index in [9.17, 15) is 4.79 Å². The van der Waals surface area contributed by atoms with Gasteiger partial charge in [0.05, 0.1) is 24.4 Å². The van der Waals surface area contributed by atoms with Crippen molar-refractivity contribution in [1.82, 2.24) is 10.2 Å². The first kappa shape index (κ1) is 17.0. The van der Waals surface area contributed by atoms with Gasteiger partial charge >= 0.3 is 5.97 Å². The van der Waals surface area contributed by atoms with Crippen LogP contribution in [0, 0.1) is 0 Å². The van der Waals surface area contributed by atoms with E-state index in [2.05, 4.69) is 15.1 Å². The molecule has 0 unspecified atom stereocenters. The number of hydrogen-bond acceptors (Lipinski definition) is 5. The molecule has 5 nitrogen and oxygen atoms in total. The molecule has 7 heteroatoms. The van der Waals surface area contributed by atoms with Gasteiger partial charge in [-0.25, -0.2) is 0 Å². The smallest absolute Gasteiger partial charge is 0.316 e. The lowest BCUT2D eigenvalue weighted by atomic mass is 9.72. The van der Waals surface area contributed by atoms with Crippen LogP contribution >= 0.6 is 23.2 Å². The number of esters is 1. The summed E-state index contributed by atoms with van der Waals surface area (Å²) in [5.74, 6) is -0.227. The molecule has 1 saturated heterocycles. The number of nitrogens with zero attached hydrogens (tertiary/aromatic N) is 3. The highest BCUT2D eigenvalue weighted by Crippen LogP contribution is 2.39. The number of methoxy groups -OCH3 is 1. The van der Waals surface area contributed by atoms with E-state index in [1.54, 1.807) is 18.3 Å². The van der Waals surface area contributed by atoms with Crippen LogP contribution in [0.4, 0.5) is 5.69 Å². The highest BCUT2D eigenvalue weighted by molar-refractivity contribution is 6.30. The minimum atomic E-state index is -0.680. The van der Waals surface area contributed by atoms with Gasteiger partial charge in [-0.1, -0.05) is 35.3 Å². The van der Waals surface area contributed by atoms with Gasteiger partial charge in [-0.05, 0) is 30.5 Å². The molecule has 0 aliphatic carbocycles. The summed E-state index contributed by atoms with van der Waals surface area (Å²) < 4.78 is 5.10. The van der Waals surface area contributed by atoms with Gasteiger partial charge in [0.2, 0.25) is 0 Å². The maximum absolute atomic E-state index is 12.6. The van der Waals surface area contributed by atoms with E-state index in [-0.39, 0.29) is 5.97 Å². The summed E-state index contributed by atoms with van der Waals surface area (Å²) in [6.45, 7) is 1.37. The van der Waals surface area contributed by atoms with Gasteiger partial charge in [0, 0.05) is 24.2 Å². The second-order valence-corrected chi connectivity index (χ2v) is 6.63. The fraction of sp³-hybridized carbons (Fsp3) is 0.353. The monoisotopic (exact) mass is 365 g/mol. The zero-order valence-electron chi connectivity index (χ0n) is 13.2. The van der Waals surface area contributed by atoms with Gasteiger partial charge in [0.1, 0.15) is 0 Å². The van der Waals surface area contributed by atoms with Crippen molar-refractivity contribution in [2.45, 2.75) is 18.3 Å². The molecular formula is C17H17Cl2N3O2. The predicted octanol–water partition coefficient (Wildman–Crippen LogP) is 3.49. The fourth-order valence-electron chi connectivity index (χ4n) is 3.24. The molecule has 1 fully saturated rings. The Bertz CT molecular complexity index is 746. The third kappa shape index (κ3) is 3.19. The van der Waals surface area contributed by atoms with Crippen LogP contribution in [0.25, 0.3) is 0 Å². The van der Waals surface area contributed by atoms with E-state index in [1.807, 2.05) is 18.2 Å². The SMILES string of the molecule is COC(=O)C1(c2cccc(Cl)c2)CCN(c2cnnc(Cl)c2)CC1. The molecule has 0 N–H and O–H groups in total. The van der Waals surface area contributed by atoms with E-state index in [4.69, 9.17) is 27.9 Å². The first-order valence-corrected chi connectivity index (χ1v) is 8.38. The van der Waals surface area contributed by atoms with Gasteiger partial charge in [-0.3, -0.25) is 4.79 Å². The molecule has 0 spiro atoms. The Morgan fingerprint density at radius 1 is 1.25 bits per heavy atom. The van der Waals surface area contributed by atoms with Crippen molar-refractivity contribution in [2.75, 3.05) is 25.1 Å². The molecule has 126 valence electrons. The molecule has 3 rings (SSSR count). The summed E-state index contributed by atoms with van der Waals surface area (Å²) in [5.41, 5.74) is 1.12. The van der Waals surface area contributed by atoms with Crippen LogP contribution in [0.2, 0.25) is 10.2 Å². The average Bonchev–Trinajstić information content (AvgIpc) is 2.61. The van der Waals surface area contributed by atoms with Crippen molar-refractivity contribution in [1.29, 1.82) is 0 Å². The molecule has 24 heavy (non-hydrogen) atoms. The molecule has 1 aromatic heterocycles. The fourth-order valence-corrected chi connectivity index (χ4v) is 3.59. The Labute approximate surface area is 150 Å². The standard InChI is InChI=1S/C17H17Cl2N3O2/c1-24-16(23)17(12-3-2-4-13(18)9-12)5-7-22(8-6-17)14-10-15(19)21-20-11-14/h2-4,9-11H,5-8H2,1H3. The van der Waals surface area contributed by atoms with Gasteiger partial charge < -0.3 is 9.64 Å². The van der Waals surface area contributed by atoms with Gasteiger partial charge in [-0.15, -0.1) is 5.10 Å². The van der Waals surface area contributed by atoms with Crippen molar-refractivity contribution < 1.29 is 9.53 Å². The number of carbonyl (C=O) groups is 1. The Hall–Kier alpha value is -1.85. The van der Waals surface area contributed by atoms with E-state index in [1.165, 1.54) is 7.11 Å². The maximum Gasteiger partial charge on any atom is 0.316 e. The number of rotatable bonds is 3. The summed E-state index contributed by atoms with van der Waals surface area (Å²) in [6.07, 6.45) is 2.93. The van der Waals surface area contributed by atoms with Gasteiger partial charge in [-0.2, -0.15) is 5.10 Å². The number of benzene rings is 1. The van der Waals surface area contributed by atoms with Crippen LogP contribution < -0.4 is 4.90 Å². The lowest BCUT2D eigenvalue weighted by Crippen LogP contribution is -2.48. The molecular weight excluding hydrogens is 349 g/mol. The van der Waals surface area contributed by atoms with Crippen LogP contribution in [0.1, 0.15) is 18.4 Å². The van der Waals surface area contributed by atoms with Gasteiger partial charge in [0.15, 0.2) is 5.15 Å². The number of anilines is 1. The number of hydrogen-bond donors (Lipinski definition) is 0. The summed E-state index contributed by atoms with van der Waals surface area (Å²) >= 11 is 12.0. The number of carbonyl (C=O) groups excluding carboxylic acids is 1. The molecule has 0 atom stereocenters. The minimum Gasteiger partial charge on any atom is -0.468 e. The van der Waals surface area contributed by atoms with Crippen molar-refractivity contribution in [3.63, 3.8) is 0 Å². The molecule has 1 aliphatic rings. The molecule has 0 saturated carbocycles. The van der Waals surface area contributed by atoms with Crippen LogP contribution in [0.15, 0.2) is 36.5 Å². The maximum atomic E-state index is 12.6. The Morgan fingerprint density at radius 2 is 2.00 bits per heavy atom. The van der Waals surface area contributed by atoms with E-state index in [0.29, 0.717) is 36.1 Å². The van der Waals surface area contributed by atoms with E-state index in [0.717, 1.165) is 11.3 Å². The average molecular weight is 366 g/mol. The number of piperidine rings is 1. The summed E-state index contributed by atoms with van der Waals surface area (Å²) in [4.78, 5) is 14.7. The van der Waals surface area contributed by atoms with Crippen LogP contribution in [0.3, 0.4) is 0 Å². The molecule has 0 bridgehead atoms. The zero-order chi connectivity index (χ0) is 17.2. The second-order valence-electron chi connectivity index (χ2n) is 5.81. The number of ether oxygens (including phenoxy) is 1. The van der Waals surface area contributed by atoms with Crippen molar-refractivity contribution in [3.8, 4) is 0 Å². The predicted molar refractivity (Wildman–Crippen MR) is 93.6 cm³/mol.